The molecular formula is C18H26N4O2. The molecule has 2 aromatic rings. The van der Waals surface area contributed by atoms with Crippen LogP contribution >= 0.6 is 0 Å². The maximum absolute atomic E-state index is 12.2. The van der Waals surface area contributed by atoms with Crippen LogP contribution in [0.4, 0.5) is 4.79 Å². The van der Waals surface area contributed by atoms with E-state index in [9.17, 15) is 9.90 Å². The number of hydrogen-bond acceptors (Lipinski definition) is 3. The Morgan fingerprint density at radius 2 is 2.00 bits per heavy atom. The molecule has 1 atom stereocenters. The topological polar surface area (TPSA) is 79.2 Å². The minimum atomic E-state index is -0.420. The molecule has 0 saturated carbocycles. The van der Waals surface area contributed by atoms with Gasteiger partial charge in [0, 0.05) is 24.3 Å². The highest BCUT2D eigenvalue weighted by molar-refractivity contribution is 5.74. The number of aliphatic hydroxyl groups is 1. The smallest absolute Gasteiger partial charge is 0.315 e. The van der Waals surface area contributed by atoms with Crippen molar-refractivity contribution in [2.24, 2.45) is 0 Å². The number of nitrogens with zero attached hydrogens (tertiary/aromatic N) is 2. The summed E-state index contributed by atoms with van der Waals surface area (Å²) in [6, 6.07) is 8.70. The number of benzene rings is 1. The first-order valence-electron chi connectivity index (χ1n) is 8.29. The third-order valence-electron chi connectivity index (χ3n) is 4.08. The number of amides is 2. The van der Waals surface area contributed by atoms with Crippen molar-refractivity contribution in [2.45, 2.75) is 46.3 Å². The van der Waals surface area contributed by atoms with Gasteiger partial charge in [0.2, 0.25) is 0 Å². The van der Waals surface area contributed by atoms with E-state index in [0.29, 0.717) is 6.54 Å². The third kappa shape index (κ3) is 4.35. The molecule has 1 aromatic carbocycles. The molecule has 2 rings (SSSR count). The van der Waals surface area contributed by atoms with Gasteiger partial charge in [-0.15, -0.1) is 0 Å². The molecule has 0 aliphatic rings. The van der Waals surface area contributed by atoms with Gasteiger partial charge in [-0.3, -0.25) is 4.68 Å². The van der Waals surface area contributed by atoms with Crippen molar-refractivity contribution in [1.82, 2.24) is 20.4 Å². The molecule has 0 saturated heterocycles. The maximum atomic E-state index is 12.2. The molecule has 0 radical (unpaired) electrons. The number of aromatic nitrogens is 2. The van der Waals surface area contributed by atoms with Crippen molar-refractivity contribution in [1.29, 1.82) is 0 Å². The second-order valence-corrected chi connectivity index (χ2v) is 5.85. The van der Waals surface area contributed by atoms with Crippen molar-refractivity contribution >= 4 is 6.03 Å². The van der Waals surface area contributed by atoms with Crippen molar-refractivity contribution < 1.29 is 9.90 Å². The quantitative estimate of drug-likeness (QED) is 0.729. The second kappa shape index (κ2) is 8.49. The average Bonchev–Trinajstić information content (AvgIpc) is 2.85. The Labute approximate surface area is 142 Å². The molecule has 6 nitrogen and oxygen atoms in total. The fourth-order valence-electron chi connectivity index (χ4n) is 2.72. The van der Waals surface area contributed by atoms with Crippen LogP contribution in [-0.2, 0) is 13.1 Å². The molecule has 1 heterocycles. The van der Waals surface area contributed by atoms with Crippen molar-refractivity contribution in [3.63, 3.8) is 0 Å². The van der Waals surface area contributed by atoms with Crippen LogP contribution < -0.4 is 10.6 Å². The van der Waals surface area contributed by atoms with Crippen LogP contribution in [0.3, 0.4) is 0 Å². The van der Waals surface area contributed by atoms with Gasteiger partial charge in [-0.2, -0.15) is 5.10 Å². The van der Waals surface area contributed by atoms with Gasteiger partial charge < -0.3 is 15.7 Å². The lowest BCUT2D eigenvalue weighted by Gasteiger charge is -2.17. The molecule has 2 amide bonds. The summed E-state index contributed by atoms with van der Waals surface area (Å²) in [6.45, 7) is 7.23. The summed E-state index contributed by atoms with van der Waals surface area (Å²) in [5.74, 6) is 0. The Balaban J connectivity index is 1.96. The van der Waals surface area contributed by atoms with E-state index in [1.807, 2.05) is 48.9 Å². The van der Waals surface area contributed by atoms with Gasteiger partial charge in [-0.05, 0) is 25.8 Å². The average molecular weight is 330 g/mol. The van der Waals surface area contributed by atoms with E-state index in [2.05, 4.69) is 22.7 Å². The van der Waals surface area contributed by atoms with Crippen LogP contribution in [0, 0.1) is 13.8 Å². The zero-order valence-electron chi connectivity index (χ0n) is 14.5. The van der Waals surface area contributed by atoms with Gasteiger partial charge in [0.15, 0.2) is 0 Å². The molecular weight excluding hydrogens is 304 g/mol. The summed E-state index contributed by atoms with van der Waals surface area (Å²) in [5, 5.41) is 19.7. The molecule has 0 bridgehead atoms. The van der Waals surface area contributed by atoms with Gasteiger partial charge in [-0.1, -0.05) is 37.3 Å². The van der Waals surface area contributed by atoms with Gasteiger partial charge in [0.1, 0.15) is 0 Å². The number of urea groups is 1. The Morgan fingerprint density at radius 3 is 2.62 bits per heavy atom. The van der Waals surface area contributed by atoms with Gasteiger partial charge in [0.25, 0.3) is 0 Å². The van der Waals surface area contributed by atoms with Crippen molar-refractivity contribution in [3.05, 3.63) is 52.8 Å². The number of rotatable bonds is 7. The van der Waals surface area contributed by atoms with E-state index < -0.39 is 6.04 Å². The zero-order valence-corrected chi connectivity index (χ0v) is 14.5. The SMILES string of the molecule is CCCn1nc(C)c(CNC(=O)N[C@@H](CO)c2ccccc2)c1C. The van der Waals surface area contributed by atoms with Crippen LogP contribution in [0.1, 0.15) is 41.9 Å². The molecule has 24 heavy (non-hydrogen) atoms. The second-order valence-electron chi connectivity index (χ2n) is 5.85. The zero-order chi connectivity index (χ0) is 17.5. The van der Waals surface area contributed by atoms with Crippen LogP contribution in [0.2, 0.25) is 0 Å². The minimum Gasteiger partial charge on any atom is -0.394 e. The minimum absolute atomic E-state index is 0.149. The maximum Gasteiger partial charge on any atom is 0.315 e. The molecule has 0 aliphatic heterocycles. The van der Waals surface area contributed by atoms with E-state index in [4.69, 9.17) is 0 Å². The van der Waals surface area contributed by atoms with Gasteiger partial charge >= 0.3 is 6.03 Å². The normalized spacial score (nSPS) is 12.0. The highest BCUT2D eigenvalue weighted by Crippen LogP contribution is 2.14. The molecule has 1 aromatic heterocycles. The van der Waals surface area contributed by atoms with Crippen molar-refractivity contribution in [2.75, 3.05) is 6.61 Å². The van der Waals surface area contributed by atoms with Crippen LogP contribution in [0.25, 0.3) is 0 Å². The van der Waals surface area contributed by atoms with Crippen molar-refractivity contribution in [3.8, 4) is 0 Å². The summed E-state index contributed by atoms with van der Waals surface area (Å²) in [4.78, 5) is 12.2. The first-order valence-corrected chi connectivity index (χ1v) is 8.29. The molecule has 0 fully saturated rings. The first-order chi connectivity index (χ1) is 11.6. The van der Waals surface area contributed by atoms with Gasteiger partial charge in [0.05, 0.1) is 18.3 Å². The lowest BCUT2D eigenvalue weighted by atomic mass is 10.1. The number of aliphatic hydroxyl groups excluding tert-OH is 1. The summed E-state index contributed by atoms with van der Waals surface area (Å²) in [7, 11) is 0. The summed E-state index contributed by atoms with van der Waals surface area (Å²) >= 11 is 0. The standard InChI is InChI=1S/C18H26N4O2/c1-4-10-22-14(3)16(13(2)21-22)11-19-18(24)20-17(12-23)15-8-6-5-7-9-15/h5-9,17,23H,4,10-12H2,1-3H3,(H2,19,20,24)/t17-/m0/s1. The molecule has 3 N–H and O–H groups in total. The predicted molar refractivity (Wildman–Crippen MR) is 93.6 cm³/mol. The van der Waals surface area contributed by atoms with Crippen LogP contribution in [0.15, 0.2) is 30.3 Å². The molecule has 0 aliphatic carbocycles. The fourth-order valence-corrected chi connectivity index (χ4v) is 2.72. The molecule has 0 spiro atoms. The highest BCUT2D eigenvalue weighted by atomic mass is 16.3. The summed E-state index contributed by atoms with van der Waals surface area (Å²) in [5.41, 5.74) is 3.93. The summed E-state index contributed by atoms with van der Waals surface area (Å²) < 4.78 is 1.98. The third-order valence-corrected chi connectivity index (χ3v) is 4.08. The first kappa shape index (κ1) is 18.0. The number of hydrogen-bond donors (Lipinski definition) is 3. The van der Waals surface area contributed by atoms with Gasteiger partial charge in [-0.25, -0.2) is 4.79 Å². The molecule has 6 heteroatoms. The van der Waals surface area contributed by atoms with Crippen LogP contribution in [0.5, 0.6) is 0 Å². The number of carbonyl (C=O) groups is 1. The number of aryl methyl sites for hydroxylation is 2. The Bertz CT molecular complexity index is 667. The lowest BCUT2D eigenvalue weighted by Crippen LogP contribution is -2.39. The van der Waals surface area contributed by atoms with E-state index in [1.54, 1.807) is 0 Å². The highest BCUT2D eigenvalue weighted by Gasteiger charge is 2.15. The molecule has 130 valence electrons. The monoisotopic (exact) mass is 330 g/mol. The fraction of sp³-hybridized carbons (Fsp3) is 0.444. The summed E-state index contributed by atoms with van der Waals surface area (Å²) in [6.07, 6.45) is 1.02. The number of nitrogens with one attached hydrogen (secondary N) is 2. The predicted octanol–water partition coefficient (Wildman–Crippen LogP) is 2.44. The van der Waals surface area contributed by atoms with E-state index in [1.165, 1.54) is 0 Å². The Morgan fingerprint density at radius 1 is 1.29 bits per heavy atom. The largest absolute Gasteiger partial charge is 0.394 e. The Hall–Kier alpha value is -2.34. The van der Waals surface area contributed by atoms with E-state index >= 15 is 0 Å². The lowest BCUT2D eigenvalue weighted by molar-refractivity contribution is 0.216. The van der Waals surface area contributed by atoms with E-state index in [0.717, 1.165) is 35.5 Å². The molecule has 0 unspecified atom stereocenters. The van der Waals surface area contributed by atoms with Crippen LogP contribution in [-0.4, -0.2) is 27.5 Å². The Kier molecular flexibility index (Phi) is 6.37. The van der Waals surface area contributed by atoms with E-state index in [-0.39, 0.29) is 12.6 Å². The number of carbonyl (C=O) groups excluding carboxylic acids is 1.